The van der Waals surface area contributed by atoms with Gasteiger partial charge in [0.25, 0.3) is 0 Å². The maximum Gasteiger partial charge on any atom is 0.356 e. The van der Waals surface area contributed by atoms with E-state index in [1.165, 1.54) is 12.1 Å². The highest BCUT2D eigenvalue weighted by Gasteiger charge is 2.17. The summed E-state index contributed by atoms with van der Waals surface area (Å²) in [6.45, 7) is 0. The average Bonchev–Trinajstić information content (AvgIpc) is 3.19. The molecule has 2 aromatic carbocycles. The first-order chi connectivity index (χ1) is 12.7. The Hall–Kier alpha value is -2.86. The van der Waals surface area contributed by atoms with E-state index in [0.29, 0.717) is 22.3 Å². The maximum absolute atomic E-state index is 13.1. The second-order valence-electron chi connectivity index (χ2n) is 6.45. The van der Waals surface area contributed by atoms with Gasteiger partial charge in [0.1, 0.15) is 5.82 Å². The van der Waals surface area contributed by atoms with Crippen LogP contribution in [-0.2, 0) is 4.84 Å². The van der Waals surface area contributed by atoms with E-state index in [1.807, 2.05) is 0 Å². The number of hydroxylamine groups is 1. The Kier molecular flexibility index (Phi) is 4.58. The summed E-state index contributed by atoms with van der Waals surface area (Å²) in [7, 11) is 0. The van der Waals surface area contributed by atoms with Crippen molar-refractivity contribution in [2.24, 2.45) is 0 Å². The molecule has 0 unspecified atom stereocenters. The molecule has 1 aromatic heterocycles. The SMILES string of the molecule is O=C(ONC1CCCC1)c1ccc2nc(-c3ccc(F)cc3)cnc2c1. The van der Waals surface area contributed by atoms with Gasteiger partial charge >= 0.3 is 5.97 Å². The number of benzene rings is 2. The van der Waals surface area contributed by atoms with Crippen LogP contribution >= 0.6 is 0 Å². The first kappa shape index (κ1) is 16.6. The Bertz CT molecular complexity index is 937. The van der Waals surface area contributed by atoms with Gasteiger partial charge in [-0.15, -0.1) is 5.48 Å². The van der Waals surface area contributed by atoms with E-state index in [0.717, 1.165) is 31.2 Å². The largest absolute Gasteiger partial charge is 0.366 e. The standard InChI is InChI=1S/C20H18FN3O2/c21-15-8-5-13(6-9-15)19-12-22-18-11-14(7-10-17(18)23-19)20(25)26-24-16-3-1-2-4-16/h5-12,16,24H,1-4H2. The van der Waals surface area contributed by atoms with Crippen molar-refractivity contribution in [2.45, 2.75) is 31.7 Å². The van der Waals surface area contributed by atoms with E-state index in [1.54, 1.807) is 36.5 Å². The van der Waals surface area contributed by atoms with Gasteiger partial charge in [-0.05, 0) is 55.3 Å². The molecule has 1 aliphatic carbocycles. The number of rotatable bonds is 4. The minimum atomic E-state index is -0.428. The molecule has 4 rings (SSSR count). The van der Waals surface area contributed by atoms with Crippen LogP contribution in [0, 0.1) is 5.82 Å². The van der Waals surface area contributed by atoms with Crippen LogP contribution in [0.3, 0.4) is 0 Å². The van der Waals surface area contributed by atoms with Crippen molar-refractivity contribution >= 4 is 17.0 Å². The zero-order valence-electron chi connectivity index (χ0n) is 14.1. The number of fused-ring (bicyclic) bond motifs is 1. The molecule has 0 saturated heterocycles. The maximum atomic E-state index is 13.1. The van der Waals surface area contributed by atoms with Gasteiger partial charge in [-0.3, -0.25) is 4.98 Å². The molecule has 0 aliphatic heterocycles. The van der Waals surface area contributed by atoms with Gasteiger partial charge < -0.3 is 4.84 Å². The number of carbonyl (C=O) groups excluding carboxylic acids is 1. The van der Waals surface area contributed by atoms with Crippen LogP contribution in [0.2, 0.25) is 0 Å². The summed E-state index contributed by atoms with van der Waals surface area (Å²) in [5.74, 6) is -0.722. The van der Waals surface area contributed by atoms with Gasteiger partial charge in [0.05, 0.1) is 28.5 Å². The van der Waals surface area contributed by atoms with Gasteiger partial charge in [0, 0.05) is 11.6 Å². The fraction of sp³-hybridized carbons (Fsp3) is 0.250. The molecule has 26 heavy (non-hydrogen) atoms. The van der Waals surface area contributed by atoms with Crippen LogP contribution in [0.1, 0.15) is 36.0 Å². The molecule has 1 aliphatic rings. The number of carbonyl (C=O) groups is 1. The Morgan fingerprint density at radius 1 is 1.08 bits per heavy atom. The zero-order valence-corrected chi connectivity index (χ0v) is 14.1. The second-order valence-corrected chi connectivity index (χ2v) is 6.45. The van der Waals surface area contributed by atoms with Crippen LogP contribution in [-0.4, -0.2) is 22.0 Å². The molecule has 1 saturated carbocycles. The van der Waals surface area contributed by atoms with Gasteiger partial charge in [0.15, 0.2) is 0 Å². The third kappa shape index (κ3) is 3.55. The van der Waals surface area contributed by atoms with Crippen molar-refractivity contribution in [3.05, 3.63) is 60.0 Å². The van der Waals surface area contributed by atoms with E-state index in [-0.39, 0.29) is 11.9 Å². The molecule has 0 amide bonds. The molecule has 0 bridgehead atoms. The summed E-state index contributed by atoms with van der Waals surface area (Å²) in [6, 6.07) is 11.4. The summed E-state index contributed by atoms with van der Waals surface area (Å²) in [6.07, 6.45) is 6.00. The summed E-state index contributed by atoms with van der Waals surface area (Å²) in [5.41, 5.74) is 5.96. The lowest BCUT2D eigenvalue weighted by molar-refractivity contribution is 0.0160. The Morgan fingerprint density at radius 3 is 2.62 bits per heavy atom. The van der Waals surface area contributed by atoms with Crippen LogP contribution in [0.25, 0.3) is 22.3 Å². The summed E-state index contributed by atoms with van der Waals surface area (Å²) in [5, 5.41) is 0. The fourth-order valence-corrected chi connectivity index (χ4v) is 3.14. The zero-order chi connectivity index (χ0) is 17.9. The number of hydrogen-bond acceptors (Lipinski definition) is 5. The third-order valence-electron chi connectivity index (χ3n) is 4.59. The number of hydrogen-bond donors (Lipinski definition) is 1. The first-order valence-electron chi connectivity index (χ1n) is 8.68. The molecular weight excluding hydrogens is 333 g/mol. The predicted molar refractivity (Wildman–Crippen MR) is 95.7 cm³/mol. The molecule has 6 heteroatoms. The summed E-state index contributed by atoms with van der Waals surface area (Å²) < 4.78 is 13.1. The number of aromatic nitrogens is 2. The minimum absolute atomic E-state index is 0.248. The second kappa shape index (κ2) is 7.17. The fourth-order valence-electron chi connectivity index (χ4n) is 3.14. The van der Waals surface area contributed by atoms with Crippen molar-refractivity contribution in [1.29, 1.82) is 0 Å². The van der Waals surface area contributed by atoms with Crippen molar-refractivity contribution in [3.8, 4) is 11.3 Å². The van der Waals surface area contributed by atoms with Gasteiger partial charge in [-0.1, -0.05) is 12.8 Å². The van der Waals surface area contributed by atoms with Crippen molar-refractivity contribution < 1.29 is 14.0 Å². The lowest BCUT2D eigenvalue weighted by Gasteiger charge is -2.11. The van der Waals surface area contributed by atoms with Crippen LogP contribution in [0.4, 0.5) is 4.39 Å². The third-order valence-corrected chi connectivity index (χ3v) is 4.59. The molecule has 0 atom stereocenters. The molecule has 3 aromatic rings. The van der Waals surface area contributed by atoms with E-state index in [4.69, 9.17) is 4.84 Å². The van der Waals surface area contributed by atoms with Gasteiger partial charge in [-0.2, -0.15) is 0 Å². The molecule has 0 spiro atoms. The quantitative estimate of drug-likeness (QED) is 0.719. The van der Waals surface area contributed by atoms with Crippen molar-refractivity contribution in [3.63, 3.8) is 0 Å². The Balaban J connectivity index is 1.52. The van der Waals surface area contributed by atoms with E-state index in [9.17, 15) is 9.18 Å². The Morgan fingerprint density at radius 2 is 1.85 bits per heavy atom. The van der Waals surface area contributed by atoms with Crippen molar-refractivity contribution in [2.75, 3.05) is 0 Å². The average molecular weight is 351 g/mol. The molecule has 5 nitrogen and oxygen atoms in total. The molecular formula is C20H18FN3O2. The molecule has 132 valence electrons. The lowest BCUT2D eigenvalue weighted by Crippen LogP contribution is -2.29. The molecule has 1 fully saturated rings. The molecule has 1 heterocycles. The summed E-state index contributed by atoms with van der Waals surface area (Å²) in [4.78, 5) is 26.3. The summed E-state index contributed by atoms with van der Waals surface area (Å²) >= 11 is 0. The topological polar surface area (TPSA) is 64.1 Å². The highest BCUT2D eigenvalue weighted by Crippen LogP contribution is 2.21. The van der Waals surface area contributed by atoms with Crippen LogP contribution < -0.4 is 5.48 Å². The molecule has 1 N–H and O–H groups in total. The number of nitrogens with zero attached hydrogens (tertiary/aromatic N) is 2. The van der Waals surface area contributed by atoms with Crippen LogP contribution in [0.15, 0.2) is 48.7 Å². The van der Waals surface area contributed by atoms with Crippen molar-refractivity contribution in [1.82, 2.24) is 15.4 Å². The normalized spacial score (nSPS) is 14.7. The Labute approximate surface area is 150 Å². The predicted octanol–water partition coefficient (Wildman–Crippen LogP) is 4.04. The monoisotopic (exact) mass is 351 g/mol. The number of nitrogens with one attached hydrogen (secondary N) is 1. The van der Waals surface area contributed by atoms with E-state index >= 15 is 0 Å². The van der Waals surface area contributed by atoms with E-state index in [2.05, 4.69) is 15.4 Å². The highest BCUT2D eigenvalue weighted by molar-refractivity contribution is 5.93. The number of halogens is 1. The molecule has 0 radical (unpaired) electrons. The smallest absolute Gasteiger partial charge is 0.356 e. The highest BCUT2D eigenvalue weighted by atomic mass is 19.1. The minimum Gasteiger partial charge on any atom is -0.366 e. The van der Waals surface area contributed by atoms with Crippen LogP contribution in [0.5, 0.6) is 0 Å². The lowest BCUT2D eigenvalue weighted by atomic mass is 10.1. The van der Waals surface area contributed by atoms with E-state index < -0.39 is 5.97 Å². The first-order valence-corrected chi connectivity index (χ1v) is 8.68. The van der Waals surface area contributed by atoms with Gasteiger partial charge in [0.2, 0.25) is 0 Å². The van der Waals surface area contributed by atoms with Gasteiger partial charge in [-0.25, -0.2) is 14.2 Å².